The molecule has 0 amide bonds. The van der Waals surface area contributed by atoms with E-state index >= 15 is 0 Å². The van der Waals surface area contributed by atoms with Gasteiger partial charge in [0.15, 0.2) is 9.84 Å². The smallest absolute Gasteiger partial charge is 0.151 e. The number of sulfone groups is 1. The van der Waals surface area contributed by atoms with Crippen LogP contribution < -0.4 is 5.73 Å². The zero-order chi connectivity index (χ0) is 12.6. The molecule has 0 saturated carbocycles. The van der Waals surface area contributed by atoms with Gasteiger partial charge in [-0.25, -0.2) is 12.8 Å². The quantitative estimate of drug-likeness (QED) is 0.807. The molecule has 1 fully saturated rings. The Hall–Kier alpha value is -0.950. The Bertz CT molecular complexity index is 571. The van der Waals surface area contributed by atoms with E-state index in [0.29, 0.717) is 6.42 Å². The van der Waals surface area contributed by atoms with Crippen LogP contribution in [-0.4, -0.2) is 29.4 Å². The van der Waals surface area contributed by atoms with E-state index in [1.54, 1.807) is 0 Å². The maximum absolute atomic E-state index is 13.5. The molecule has 4 nitrogen and oxygen atoms in total. The van der Waals surface area contributed by atoms with Gasteiger partial charge in [0, 0.05) is 5.69 Å². The fourth-order valence-electron chi connectivity index (χ4n) is 1.79. The van der Waals surface area contributed by atoms with Crippen molar-refractivity contribution in [1.29, 1.82) is 0 Å². The second-order valence-corrected chi connectivity index (χ2v) is 7.94. The third-order valence-electron chi connectivity index (χ3n) is 2.67. The molecule has 0 aliphatic carbocycles. The molecule has 1 aromatic carbocycles. The molecule has 0 aromatic heterocycles. The summed E-state index contributed by atoms with van der Waals surface area (Å²) in [6, 6.07) is 3.90. The molecule has 2 N–H and O–H groups in total. The molecule has 0 radical (unpaired) electrons. The van der Waals surface area contributed by atoms with Gasteiger partial charge in [0.1, 0.15) is 5.82 Å². The Balaban J connectivity index is 2.27. The molecule has 1 saturated heterocycles. The van der Waals surface area contributed by atoms with Crippen molar-refractivity contribution in [1.82, 2.24) is 0 Å². The summed E-state index contributed by atoms with van der Waals surface area (Å²) in [5.41, 5.74) is 5.64. The Labute approximate surface area is 101 Å². The van der Waals surface area contributed by atoms with Crippen molar-refractivity contribution in [2.45, 2.75) is 16.6 Å². The van der Waals surface area contributed by atoms with Crippen molar-refractivity contribution in [3.8, 4) is 0 Å². The normalized spacial score (nSPS) is 24.6. The summed E-state index contributed by atoms with van der Waals surface area (Å²) < 4.78 is 48.1. The minimum Gasteiger partial charge on any atom is -0.399 e. The van der Waals surface area contributed by atoms with E-state index in [4.69, 9.17) is 5.73 Å². The van der Waals surface area contributed by atoms with Crippen LogP contribution in [0.5, 0.6) is 0 Å². The van der Waals surface area contributed by atoms with Gasteiger partial charge in [-0.05, 0) is 24.6 Å². The number of halogens is 1. The lowest BCUT2D eigenvalue weighted by Crippen LogP contribution is -2.17. The molecule has 1 heterocycles. The predicted octanol–water partition coefficient (Wildman–Crippen LogP) is 0.703. The number of hydrogen-bond acceptors (Lipinski definition) is 4. The van der Waals surface area contributed by atoms with E-state index in [2.05, 4.69) is 0 Å². The van der Waals surface area contributed by atoms with Crippen LogP contribution in [0.1, 0.15) is 6.42 Å². The first-order valence-corrected chi connectivity index (χ1v) is 8.08. The topological polar surface area (TPSA) is 77.2 Å². The van der Waals surface area contributed by atoms with Crippen LogP contribution in [0, 0.1) is 5.82 Å². The average Bonchev–Trinajstić information content (AvgIpc) is 2.58. The van der Waals surface area contributed by atoms with Crippen LogP contribution in [-0.2, 0) is 20.6 Å². The van der Waals surface area contributed by atoms with Crippen LogP contribution >= 0.6 is 0 Å². The average molecular weight is 277 g/mol. The summed E-state index contributed by atoms with van der Waals surface area (Å²) in [5.74, 6) is -0.753. The minimum absolute atomic E-state index is 0.0278. The fraction of sp³-hybridized carbons (Fsp3) is 0.400. The molecule has 1 aliphatic rings. The molecule has 2 unspecified atom stereocenters. The van der Waals surface area contributed by atoms with E-state index in [9.17, 15) is 17.0 Å². The van der Waals surface area contributed by atoms with Crippen molar-refractivity contribution >= 4 is 26.3 Å². The van der Waals surface area contributed by atoms with Crippen LogP contribution in [0.4, 0.5) is 10.1 Å². The monoisotopic (exact) mass is 277 g/mol. The lowest BCUT2D eigenvalue weighted by molar-refractivity contribution is 0.593. The largest absolute Gasteiger partial charge is 0.399 e. The molecule has 17 heavy (non-hydrogen) atoms. The van der Waals surface area contributed by atoms with E-state index in [-0.39, 0.29) is 22.1 Å². The summed E-state index contributed by atoms with van der Waals surface area (Å²) in [4.78, 5) is 0.0290. The van der Waals surface area contributed by atoms with Crippen molar-refractivity contribution in [3.63, 3.8) is 0 Å². The highest BCUT2D eigenvalue weighted by molar-refractivity contribution is 7.94. The minimum atomic E-state index is -3.11. The number of benzene rings is 1. The van der Waals surface area contributed by atoms with Gasteiger partial charge < -0.3 is 5.73 Å². The fourth-order valence-corrected chi connectivity index (χ4v) is 5.74. The van der Waals surface area contributed by atoms with Gasteiger partial charge in [0.2, 0.25) is 0 Å². The first kappa shape index (κ1) is 12.5. The Morgan fingerprint density at radius 3 is 2.65 bits per heavy atom. The summed E-state index contributed by atoms with van der Waals surface area (Å²) in [5, 5.41) is -0.516. The first-order valence-electron chi connectivity index (χ1n) is 5.05. The standard InChI is InChI=1S/C10H12FNO3S2/c11-9-5-7(12)1-2-10(9)16(13)8-3-4-17(14,15)6-8/h1-2,5,8H,3-4,6,12H2. The molecule has 2 atom stereocenters. The highest BCUT2D eigenvalue weighted by atomic mass is 32.2. The Morgan fingerprint density at radius 2 is 2.12 bits per heavy atom. The third kappa shape index (κ3) is 2.66. The first-order chi connectivity index (χ1) is 7.89. The van der Waals surface area contributed by atoms with Gasteiger partial charge in [-0.15, -0.1) is 0 Å². The lowest BCUT2D eigenvalue weighted by Gasteiger charge is -2.09. The van der Waals surface area contributed by atoms with Crippen molar-refractivity contribution in [3.05, 3.63) is 24.0 Å². The van der Waals surface area contributed by atoms with Gasteiger partial charge in [0.25, 0.3) is 0 Å². The number of nitrogens with two attached hydrogens (primary N) is 1. The molecule has 94 valence electrons. The molecule has 0 spiro atoms. The molecule has 7 heteroatoms. The Morgan fingerprint density at radius 1 is 1.41 bits per heavy atom. The van der Waals surface area contributed by atoms with Crippen LogP contribution in [0.3, 0.4) is 0 Å². The summed E-state index contributed by atoms with van der Waals surface area (Å²) >= 11 is 0. The number of hydrogen-bond donors (Lipinski definition) is 1. The maximum atomic E-state index is 13.5. The van der Waals surface area contributed by atoms with Crippen molar-refractivity contribution in [2.24, 2.45) is 0 Å². The van der Waals surface area contributed by atoms with Gasteiger partial charge >= 0.3 is 0 Å². The lowest BCUT2D eigenvalue weighted by atomic mass is 10.3. The second-order valence-electron chi connectivity index (χ2n) is 4.01. The SMILES string of the molecule is Nc1ccc(S(=O)C2CCS(=O)(=O)C2)c(F)c1. The van der Waals surface area contributed by atoms with Gasteiger partial charge in [-0.1, -0.05) is 0 Å². The summed E-state index contributed by atoms with van der Waals surface area (Å²) in [7, 11) is -4.74. The van der Waals surface area contributed by atoms with Gasteiger partial charge in [-0.2, -0.15) is 0 Å². The highest BCUT2D eigenvalue weighted by Crippen LogP contribution is 2.24. The number of rotatable bonds is 2. The molecule has 1 aliphatic heterocycles. The molecule has 0 bridgehead atoms. The predicted molar refractivity (Wildman–Crippen MR) is 64.3 cm³/mol. The van der Waals surface area contributed by atoms with E-state index in [0.717, 1.165) is 6.07 Å². The van der Waals surface area contributed by atoms with Crippen molar-refractivity contribution in [2.75, 3.05) is 17.2 Å². The highest BCUT2D eigenvalue weighted by Gasteiger charge is 2.33. The van der Waals surface area contributed by atoms with Crippen LogP contribution in [0.25, 0.3) is 0 Å². The van der Waals surface area contributed by atoms with Crippen LogP contribution in [0.15, 0.2) is 23.1 Å². The maximum Gasteiger partial charge on any atom is 0.151 e. The van der Waals surface area contributed by atoms with Crippen molar-refractivity contribution < 1.29 is 17.0 Å². The zero-order valence-corrected chi connectivity index (χ0v) is 10.6. The van der Waals surface area contributed by atoms with Gasteiger partial charge in [0.05, 0.1) is 32.5 Å². The van der Waals surface area contributed by atoms with E-state index in [1.807, 2.05) is 0 Å². The molecule has 1 aromatic rings. The van der Waals surface area contributed by atoms with E-state index < -0.39 is 31.7 Å². The second kappa shape index (κ2) is 4.38. The summed E-state index contributed by atoms with van der Waals surface area (Å²) in [6.45, 7) is 0. The van der Waals surface area contributed by atoms with E-state index in [1.165, 1.54) is 12.1 Å². The molecular formula is C10H12FNO3S2. The van der Waals surface area contributed by atoms with Gasteiger partial charge in [-0.3, -0.25) is 4.21 Å². The zero-order valence-electron chi connectivity index (χ0n) is 8.93. The van der Waals surface area contributed by atoms with Crippen LogP contribution in [0.2, 0.25) is 0 Å². The molecule has 2 rings (SSSR count). The number of anilines is 1. The number of nitrogen functional groups attached to an aromatic ring is 1. The Kier molecular flexibility index (Phi) is 3.22. The third-order valence-corrected chi connectivity index (χ3v) is 6.42. The molecular weight excluding hydrogens is 265 g/mol. The summed E-state index contributed by atoms with van der Waals surface area (Å²) in [6.07, 6.45) is 0.318.